The summed E-state index contributed by atoms with van der Waals surface area (Å²) in [5.41, 5.74) is 3.50. The van der Waals surface area contributed by atoms with E-state index in [1.807, 2.05) is 32.0 Å². The normalized spacial score (nSPS) is 10.1. The van der Waals surface area contributed by atoms with E-state index in [1.54, 1.807) is 24.3 Å². The van der Waals surface area contributed by atoms with Gasteiger partial charge >= 0.3 is 0 Å². The van der Waals surface area contributed by atoms with Crippen molar-refractivity contribution in [2.24, 2.45) is 0 Å². The molecule has 0 aromatic heterocycles. The van der Waals surface area contributed by atoms with E-state index in [0.717, 1.165) is 16.8 Å². The van der Waals surface area contributed by atoms with Gasteiger partial charge in [0, 0.05) is 11.3 Å². The van der Waals surface area contributed by atoms with Crippen LogP contribution in [0.3, 0.4) is 0 Å². The Bertz CT molecular complexity index is 660. The maximum Gasteiger partial charge on any atom is 0.256 e. The van der Waals surface area contributed by atoms with Crippen molar-refractivity contribution in [3.05, 3.63) is 64.7 Å². The molecular weight excluding hydrogens is 270 g/mol. The fraction of sp³-hybridized carbons (Fsp3) is 0.125. The molecule has 0 unspecified atom stereocenters. The van der Waals surface area contributed by atoms with Gasteiger partial charge in [0.15, 0.2) is 5.05 Å². The fourth-order valence-electron chi connectivity index (χ4n) is 2.06. The van der Waals surface area contributed by atoms with E-state index in [9.17, 15) is 9.90 Å². The zero-order valence-corrected chi connectivity index (χ0v) is 12.1. The van der Waals surface area contributed by atoms with Gasteiger partial charge in [0.2, 0.25) is 0 Å². The predicted octanol–water partition coefficient (Wildman–Crippen LogP) is 3.79. The Balaban J connectivity index is 2.36. The summed E-state index contributed by atoms with van der Waals surface area (Å²) in [7, 11) is 0. The maximum absolute atomic E-state index is 12.4. The third kappa shape index (κ3) is 2.86. The molecule has 2 aromatic carbocycles. The minimum absolute atomic E-state index is 0.280. The van der Waals surface area contributed by atoms with E-state index in [-0.39, 0.29) is 11.0 Å². The average Bonchev–Trinajstić information content (AvgIpc) is 2.43. The number of aliphatic hydroxyl groups excluding tert-OH is 1. The Labute approximate surface area is 123 Å². The summed E-state index contributed by atoms with van der Waals surface area (Å²) in [4.78, 5) is 12.4. The van der Waals surface area contributed by atoms with Gasteiger partial charge in [0.1, 0.15) is 0 Å². The summed E-state index contributed by atoms with van der Waals surface area (Å²) < 4.78 is 0. The highest BCUT2D eigenvalue weighted by molar-refractivity contribution is 7.80. The lowest BCUT2D eigenvalue weighted by Gasteiger charge is -2.13. The number of amides is 1. The minimum atomic E-state index is -0.283. The smallest absolute Gasteiger partial charge is 0.256 e. The van der Waals surface area contributed by atoms with Crippen molar-refractivity contribution in [1.29, 1.82) is 0 Å². The third-order valence-corrected chi connectivity index (χ3v) is 3.34. The highest BCUT2D eigenvalue weighted by atomic mass is 32.1. The molecular formula is C16H15NO2S. The predicted molar refractivity (Wildman–Crippen MR) is 84.6 cm³/mol. The first-order valence-electron chi connectivity index (χ1n) is 6.20. The molecule has 1 amide bonds. The number of carbonyl (C=O) groups excluding carboxylic acids is 1. The summed E-state index contributed by atoms with van der Waals surface area (Å²) in [5.74, 6) is -0.283. The second kappa shape index (κ2) is 5.84. The van der Waals surface area contributed by atoms with E-state index < -0.39 is 0 Å². The van der Waals surface area contributed by atoms with Crippen molar-refractivity contribution in [2.75, 3.05) is 5.32 Å². The number of para-hydroxylation sites is 1. The first-order chi connectivity index (χ1) is 9.50. The van der Waals surface area contributed by atoms with E-state index in [4.69, 9.17) is 12.2 Å². The number of aryl methyl sites for hydroxylation is 2. The molecule has 4 heteroatoms. The molecule has 0 atom stereocenters. The van der Waals surface area contributed by atoms with Gasteiger partial charge < -0.3 is 10.4 Å². The van der Waals surface area contributed by atoms with Crippen molar-refractivity contribution in [3.63, 3.8) is 0 Å². The van der Waals surface area contributed by atoms with Gasteiger partial charge in [0.25, 0.3) is 5.91 Å². The van der Waals surface area contributed by atoms with Gasteiger partial charge in [-0.1, -0.05) is 30.3 Å². The van der Waals surface area contributed by atoms with Crippen LogP contribution in [0, 0.1) is 13.8 Å². The van der Waals surface area contributed by atoms with Gasteiger partial charge in [-0.3, -0.25) is 4.79 Å². The van der Waals surface area contributed by atoms with Crippen LogP contribution in [0.5, 0.6) is 0 Å². The molecule has 2 rings (SSSR count). The molecule has 0 heterocycles. The van der Waals surface area contributed by atoms with Gasteiger partial charge in [-0.05, 0) is 49.3 Å². The van der Waals surface area contributed by atoms with E-state index >= 15 is 0 Å². The standard InChI is InChI=1S/C16H15NO2S/c1-10-6-5-7-11(2)14(10)17-15(18)12-8-3-4-9-13(12)16(19)20/h3-9H,1-2H3,(H,17,18)(H,19,20). The van der Waals surface area contributed by atoms with Crippen LogP contribution in [0.2, 0.25) is 0 Å². The Morgan fingerprint density at radius 2 is 1.55 bits per heavy atom. The van der Waals surface area contributed by atoms with Crippen LogP contribution in [0.4, 0.5) is 5.69 Å². The van der Waals surface area contributed by atoms with Crippen LogP contribution in [0.15, 0.2) is 42.5 Å². The molecule has 0 aliphatic rings. The number of hydrogen-bond donors (Lipinski definition) is 2. The lowest BCUT2D eigenvalue weighted by atomic mass is 10.1. The second-order valence-electron chi connectivity index (χ2n) is 4.57. The summed E-state index contributed by atoms with van der Waals surface area (Å²) in [6.07, 6.45) is 0. The number of carbonyl (C=O) groups is 1. The zero-order valence-electron chi connectivity index (χ0n) is 11.3. The van der Waals surface area contributed by atoms with Crippen LogP contribution < -0.4 is 5.32 Å². The highest BCUT2D eigenvalue weighted by Crippen LogP contribution is 2.21. The highest BCUT2D eigenvalue weighted by Gasteiger charge is 2.15. The molecule has 102 valence electrons. The number of hydrogen-bond acceptors (Lipinski definition) is 2. The Morgan fingerprint density at radius 1 is 1.00 bits per heavy atom. The number of benzene rings is 2. The van der Waals surface area contributed by atoms with E-state index in [1.165, 1.54) is 0 Å². The molecule has 0 radical (unpaired) electrons. The quantitative estimate of drug-likeness (QED) is 0.844. The fourth-order valence-corrected chi connectivity index (χ4v) is 2.24. The number of aliphatic hydroxyl groups is 1. The largest absolute Gasteiger partial charge is 0.499 e. The van der Waals surface area contributed by atoms with Crippen molar-refractivity contribution in [1.82, 2.24) is 0 Å². The molecule has 0 spiro atoms. The van der Waals surface area contributed by atoms with Gasteiger partial charge in [-0.25, -0.2) is 0 Å². The van der Waals surface area contributed by atoms with Gasteiger partial charge in [-0.2, -0.15) is 0 Å². The number of anilines is 1. The first-order valence-corrected chi connectivity index (χ1v) is 6.61. The van der Waals surface area contributed by atoms with Gasteiger partial charge in [0.05, 0.1) is 5.56 Å². The Hall–Kier alpha value is -2.20. The lowest BCUT2D eigenvalue weighted by molar-refractivity contribution is 0.102. The molecule has 0 aliphatic heterocycles. The zero-order chi connectivity index (χ0) is 14.7. The summed E-state index contributed by atoms with van der Waals surface area (Å²) in [6.45, 7) is 3.87. The van der Waals surface area contributed by atoms with Crippen LogP contribution in [-0.2, 0) is 0 Å². The second-order valence-corrected chi connectivity index (χ2v) is 4.96. The van der Waals surface area contributed by atoms with Crippen LogP contribution in [-0.4, -0.2) is 16.1 Å². The lowest BCUT2D eigenvalue weighted by Crippen LogP contribution is -2.17. The molecule has 0 saturated heterocycles. The van der Waals surface area contributed by atoms with Crippen molar-refractivity contribution in [2.45, 2.75) is 13.8 Å². The van der Waals surface area contributed by atoms with Crippen molar-refractivity contribution in [3.8, 4) is 0 Å². The molecule has 0 aliphatic carbocycles. The summed E-state index contributed by atoms with van der Waals surface area (Å²) in [5, 5.41) is 12.1. The van der Waals surface area contributed by atoms with Crippen LogP contribution in [0.25, 0.3) is 0 Å². The van der Waals surface area contributed by atoms with E-state index in [2.05, 4.69) is 5.32 Å². The third-order valence-electron chi connectivity index (χ3n) is 3.12. The summed E-state index contributed by atoms with van der Waals surface area (Å²) in [6, 6.07) is 12.5. The Morgan fingerprint density at radius 3 is 2.10 bits per heavy atom. The number of thiocarbonyl (C=S) groups is 1. The van der Waals surface area contributed by atoms with Crippen molar-refractivity contribution < 1.29 is 9.90 Å². The SMILES string of the molecule is Cc1cccc(C)c1NC(=O)c1ccccc1C(O)=S. The Kier molecular flexibility index (Phi) is 4.15. The number of nitrogens with one attached hydrogen (secondary N) is 1. The molecule has 0 saturated carbocycles. The topological polar surface area (TPSA) is 49.3 Å². The van der Waals surface area contributed by atoms with Crippen LogP contribution in [0.1, 0.15) is 27.0 Å². The molecule has 3 nitrogen and oxygen atoms in total. The first kappa shape index (κ1) is 14.2. The van der Waals surface area contributed by atoms with Crippen LogP contribution >= 0.6 is 12.2 Å². The molecule has 2 aromatic rings. The molecule has 0 bridgehead atoms. The minimum Gasteiger partial charge on any atom is -0.499 e. The maximum atomic E-state index is 12.4. The van der Waals surface area contributed by atoms with Gasteiger partial charge in [-0.15, -0.1) is 0 Å². The molecule has 0 fully saturated rings. The summed E-state index contributed by atoms with van der Waals surface area (Å²) >= 11 is 4.76. The van der Waals surface area contributed by atoms with E-state index in [0.29, 0.717) is 11.1 Å². The number of rotatable bonds is 3. The monoisotopic (exact) mass is 285 g/mol. The molecule has 2 N–H and O–H groups in total. The molecule has 20 heavy (non-hydrogen) atoms. The van der Waals surface area contributed by atoms with Crippen molar-refractivity contribution >= 4 is 28.9 Å². The average molecular weight is 285 g/mol.